The molecule has 2 aromatic heterocycles. The van der Waals surface area contributed by atoms with Crippen molar-refractivity contribution in [2.24, 2.45) is 0 Å². The molecule has 0 spiro atoms. The molecule has 4 nitrogen and oxygen atoms in total. The maximum Gasteiger partial charge on any atom is 0.309 e. The largest absolute Gasteiger partial charge is 0.481 e. The van der Waals surface area contributed by atoms with Crippen molar-refractivity contribution in [2.75, 3.05) is 0 Å². The van der Waals surface area contributed by atoms with Crippen LogP contribution in [0.3, 0.4) is 0 Å². The van der Waals surface area contributed by atoms with Crippen LogP contribution < -0.4 is 0 Å². The molecule has 0 unspecified atom stereocenters. The van der Waals surface area contributed by atoms with Crippen LogP contribution in [0.5, 0.6) is 0 Å². The number of carbonyl (C=O) groups is 1. The first-order valence-electron chi connectivity index (χ1n) is 6.00. The molecule has 1 N–H and O–H groups in total. The number of rotatable bonds is 4. The molecule has 0 aliphatic rings. The number of hydrogen-bond donors (Lipinski definition) is 1. The van der Waals surface area contributed by atoms with Crippen molar-refractivity contribution in [3.05, 3.63) is 46.6 Å². The number of carboxylic acids is 1. The monoisotopic (exact) mass is 336 g/mol. The van der Waals surface area contributed by atoms with Crippen LogP contribution in [0.15, 0.2) is 45.1 Å². The van der Waals surface area contributed by atoms with Gasteiger partial charge in [0.05, 0.1) is 17.6 Å². The standard InChI is InChI=1S/C14H9ClN2O2S2/c15-8-1-2-10-11(5-8)16-4-3-12(10)21-14-17-9(7-20-14)6-13(18)19/h1-5,7H,6H2,(H,18,19). The number of benzene rings is 1. The average Bonchev–Trinajstić information content (AvgIpc) is 2.85. The van der Waals surface area contributed by atoms with Crippen molar-refractivity contribution >= 4 is 51.6 Å². The summed E-state index contributed by atoms with van der Waals surface area (Å²) in [5.41, 5.74) is 1.41. The topological polar surface area (TPSA) is 63.1 Å². The summed E-state index contributed by atoms with van der Waals surface area (Å²) < 4.78 is 0.814. The van der Waals surface area contributed by atoms with Crippen LogP contribution in [-0.2, 0) is 11.2 Å². The molecule has 0 saturated carbocycles. The van der Waals surface area contributed by atoms with Gasteiger partial charge in [0, 0.05) is 26.9 Å². The van der Waals surface area contributed by atoms with Gasteiger partial charge in [0.15, 0.2) is 4.34 Å². The second kappa shape index (κ2) is 6.01. The van der Waals surface area contributed by atoms with Crippen LogP contribution in [0.2, 0.25) is 5.02 Å². The van der Waals surface area contributed by atoms with Gasteiger partial charge in [-0.25, -0.2) is 4.98 Å². The molecule has 0 radical (unpaired) electrons. The zero-order chi connectivity index (χ0) is 14.8. The van der Waals surface area contributed by atoms with Crippen molar-refractivity contribution in [2.45, 2.75) is 15.7 Å². The van der Waals surface area contributed by atoms with Gasteiger partial charge < -0.3 is 5.11 Å². The van der Waals surface area contributed by atoms with Gasteiger partial charge in [-0.1, -0.05) is 29.4 Å². The van der Waals surface area contributed by atoms with E-state index >= 15 is 0 Å². The summed E-state index contributed by atoms with van der Waals surface area (Å²) in [7, 11) is 0. The molecule has 2 heterocycles. The predicted octanol–water partition coefficient (Wildman–Crippen LogP) is 4.12. The third-order valence-corrected chi connectivity index (χ3v) is 5.02. The SMILES string of the molecule is O=C(O)Cc1csc(Sc2ccnc3cc(Cl)ccc23)n1. The zero-order valence-corrected chi connectivity index (χ0v) is 13.0. The Balaban J connectivity index is 1.91. The normalized spacial score (nSPS) is 10.9. The number of aromatic nitrogens is 2. The molecular weight excluding hydrogens is 328 g/mol. The van der Waals surface area contributed by atoms with Gasteiger partial charge in [-0.3, -0.25) is 9.78 Å². The molecule has 106 valence electrons. The fourth-order valence-electron chi connectivity index (χ4n) is 1.85. The van der Waals surface area contributed by atoms with Gasteiger partial charge >= 0.3 is 5.97 Å². The molecule has 0 fully saturated rings. The quantitative estimate of drug-likeness (QED) is 0.776. The van der Waals surface area contributed by atoms with Gasteiger partial charge in [-0.2, -0.15) is 0 Å². The average molecular weight is 337 g/mol. The summed E-state index contributed by atoms with van der Waals surface area (Å²) >= 11 is 8.91. The van der Waals surface area contributed by atoms with E-state index < -0.39 is 5.97 Å². The molecule has 0 aliphatic heterocycles. The van der Waals surface area contributed by atoms with E-state index in [4.69, 9.17) is 16.7 Å². The summed E-state index contributed by atoms with van der Waals surface area (Å²) in [6, 6.07) is 7.49. The lowest BCUT2D eigenvalue weighted by Gasteiger charge is -2.03. The zero-order valence-electron chi connectivity index (χ0n) is 10.6. The lowest BCUT2D eigenvalue weighted by Crippen LogP contribution is -1.99. The fourth-order valence-corrected chi connectivity index (χ4v) is 3.93. The molecule has 0 aliphatic carbocycles. The van der Waals surface area contributed by atoms with Gasteiger partial charge in [0.1, 0.15) is 0 Å². The van der Waals surface area contributed by atoms with Crippen LogP contribution in [0.4, 0.5) is 0 Å². The number of hydrogen-bond acceptors (Lipinski definition) is 5. The third-order valence-electron chi connectivity index (χ3n) is 2.73. The first-order chi connectivity index (χ1) is 10.1. The Morgan fingerprint density at radius 1 is 1.38 bits per heavy atom. The number of pyridine rings is 1. The molecule has 7 heteroatoms. The van der Waals surface area contributed by atoms with E-state index in [0.717, 1.165) is 20.1 Å². The highest BCUT2D eigenvalue weighted by Gasteiger charge is 2.10. The highest BCUT2D eigenvalue weighted by molar-refractivity contribution is 8.01. The third kappa shape index (κ3) is 3.34. The van der Waals surface area contributed by atoms with Crippen molar-refractivity contribution in [1.82, 2.24) is 9.97 Å². The Hall–Kier alpha value is -1.63. The number of aliphatic carboxylic acids is 1. The fraction of sp³-hybridized carbons (Fsp3) is 0.0714. The van der Waals surface area contributed by atoms with Crippen molar-refractivity contribution in [3.63, 3.8) is 0 Å². The Morgan fingerprint density at radius 2 is 2.24 bits per heavy atom. The number of thiazole rings is 1. The van der Waals surface area contributed by atoms with Gasteiger partial charge in [-0.05, 0) is 18.2 Å². The number of carboxylic acid groups (broad SMARTS) is 1. The van der Waals surface area contributed by atoms with Gasteiger partial charge in [-0.15, -0.1) is 11.3 Å². The Bertz CT molecular complexity index is 820. The minimum Gasteiger partial charge on any atom is -0.481 e. The molecule has 0 amide bonds. The highest BCUT2D eigenvalue weighted by atomic mass is 35.5. The summed E-state index contributed by atoms with van der Waals surface area (Å²) in [6.45, 7) is 0. The summed E-state index contributed by atoms with van der Waals surface area (Å²) in [5, 5.41) is 12.2. The van der Waals surface area contributed by atoms with E-state index in [-0.39, 0.29) is 6.42 Å². The molecular formula is C14H9ClN2O2S2. The molecule has 21 heavy (non-hydrogen) atoms. The highest BCUT2D eigenvalue weighted by Crippen LogP contribution is 2.35. The Morgan fingerprint density at radius 3 is 3.05 bits per heavy atom. The van der Waals surface area contributed by atoms with Crippen LogP contribution in [0.25, 0.3) is 10.9 Å². The lowest BCUT2D eigenvalue weighted by atomic mass is 10.2. The number of fused-ring (bicyclic) bond motifs is 1. The van der Waals surface area contributed by atoms with E-state index in [1.165, 1.54) is 23.1 Å². The van der Waals surface area contributed by atoms with Crippen molar-refractivity contribution in [3.8, 4) is 0 Å². The molecule has 3 rings (SSSR count). The van der Waals surface area contributed by atoms with Gasteiger partial charge in [0.25, 0.3) is 0 Å². The number of nitrogens with zero attached hydrogens (tertiary/aromatic N) is 2. The first-order valence-corrected chi connectivity index (χ1v) is 8.07. The Kier molecular flexibility index (Phi) is 4.10. The molecule has 3 aromatic rings. The molecule has 0 bridgehead atoms. The molecule has 1 aromatic carbocycles. The summed E-state index contributed by atoms with van der Waals surface area (Å²) in [6.07, 6.45) is 1.68. The second-order valence-corrected chi connectivity index (χ2v) is 6.83. The van der Waals surface area contributed by atoms with Crippen LogP contribution in [0.1, 0.15) is 5.69 Å². The molecule has 0 saturated heterocycles. The maximum atomic E-state index is 10.7. The number of halogens is 1. The van der Waals surface area contributed by atoms with E-state index in [1.54, 1.807) is 11.6 Å². The van der Waals surface area contributed by atoms with Crippen LogP contribution in [-0.4, -0.2) is 21.0 Å². The lowest BCUT2D eigenvalue weighted by molar-refractivity contribution is -0.136. The van der Waals surface area contributed by atoms with E-state index in [2.05, 4.69) is 9.97 Å². The minimum atomic E-state index is -0.874. The summed E-state index contributed by atoms with van der Waals surface area (Å²) in [5.74, 6) is -0.874. The van der Waals surface area contributed by atoms with Crippen LogP contribution in [0, 0.1) is 0 Å². The predicted molar refractivity (Wildman–Crippen MR) is 84.3 cm³/mol. The van der Waals surface area contributed by atoms with Crippen LogP contribution >= 0.6 is 34.7 Å². The smallest absolute Gasteiger partial charge is 0.309 e. The Labute approximate surface area is 133 Å². The van der Waals surface area contributed by atoms with Gasteiger partial charge in [0.2, 0.25) is 0 Å². The van der Waals surface area contributed by atoms with E-state index in [0.29, 0.717) is 10.7 Å². The van der Waals surface area contributed by atoms with Crippen molar-refractivity contribution in [1.29, 1.82) is 0 Å². The van der Waals surface area contributed by atoms with E-state index in [1.807, 2.05) is 24.3 Å². The summed E-state index contributed by atoms with van der Waals surface area (Å²) in [4.78, 5) is 20.3. The minimum absolute atomic E-state index is 0.0518. The van der Waals surface area contributed by atoms with Crippen molar-refractivity contribution < 1.29 is 9.90 Å². The maximum absolute atomic E-state index is 10.7. The second-order valence-electron chi connectivity index (χ2n) is 4.25. The van der Waals surface area contributed by atoms with E-state index in [9.17, 15) is 4.79 Å². The molecule has 0 atom stereocenters. The first kappa shape index (κ1) is 14.3.